The summed E-state index contributed by atoms with van der Waals surface area (Å²) in [4.78, 5) is 16.7. The van der Waals surface area contributed by atoms with E-state index in [0.717, 1.165) is 11.0 Å². The van der Waals surface area contributed by atoms with E-state index in [-0.39, 0.29) is 12.2 Å². The zero-order chi connectivity index (χ0) is 16.5. The summed E-state index contributed by atoms with van der Waals surface area (Å²) >= 11 is 0. The number of hydrogen-bond donors (Lipinski definition) is 0. The number of benzene rings is 2. The van der Waals surface area contributed by atoms with Crippen LogP contribution < -0.4 is 10.2 Å². The van der Waals surface area contributed by atoms with Crippen LogP contribution in [0.3, 0.4) is 0 Å². The third kappa shape index (κ3) is 2.43. The molecule has 0 atom stereocenters. The lowest BCUT2D eigenvalue weighted by molar-refractivity contribution is 0.0512. The molecule has 0 N–H and O–H groups in total. The van der Waals surface area contributed by atoms with Crippen LogP contribution in [-0.2, 0) is 4.74 Å². The predicted octanol–water partition coefficient (Wildman–Crippen LogP) is 3.11. The molecule has 6 heteroatoms. The van der Waals surface area contributed by atoms with Gasteiger partial charge in [-0.2, -0.15) is 0 Å². The number of ether oxygens (including phenoxy) is 2. The summed E-state index contributed by atoms with van der Waals surface area (Å²) in [5.41, 5.74) is 2.02. The van der Waals surface area contributed by atoms with Crippen molar-refractivity contribution in [2.24, 2.45) is 0 Å². The number of hydrogen-bond acceptors (Lipinski definition) is 5. The van der Waals surface area contributed by atoms with E-state index in [1.165, 1.54) is 6.07 Å². The lowest BCUT2D eigenvalue weighted by Crippen LogP contribution is -2.05. The van der Waals surface area contributed by atoms with Crippen LogP contribution in [0.1, 0.15) is 0 Å². The molecule has 0 unspecified atom stereocenters. The van der Waals surface area contributed by atoms with Gasteiger partial charge in [0.1, 0.15) is 17.7 Å². The lowest BCUT2D eigenvalue weighted by atomic mass is 10.2. The maximum atomic E-state index is 12.4. The Morgan fingerprint density at radius 3 is 2.92 bits per heavy atom. The molecule has 0 saturated carbocycles. The van der Waals surface area contributed by atoms with Gasteiger partial charge >= 0.3 is 0 Å². The second-order valence-corrected chi connectivity index (χ2v) is 5.26. The Hall–Kier alpha value is -3.12. The van der Waals surface area contributed by atoms with Crippen molar-refractivity contribution < 1.29 is 13.9 Å². The van der Waals surface area contributed by atoms with Crippen molar-refractivity contribution in [2.75, 3.05) is 13.9 Å². The molecule has 4 aromatic rings. The van der Waals surface area contributed by atoms with E-state index in [4.69, 9.17) is 13.9 Å². The van der Waals surface area contributed by atoms with Crippen LogP contribution in [0.2, 0.25) is 0 Å². The highest BCUT2D eigenvalue weighted by atomic mass is 16.7. The smallest absolute Gasteiger partial charge is 0.209 e. The van der Waals surface area contributed by atoms with Crippen molar-refractivity contribution in [2.45, 2.75) is 0 Å². The summed E-state index contributed by atoms with van der Waals surface area (Å²) in [7, 11) is 1.55. The first-order valence-corrected chi connectivity index (χ1v) is 7.38. The highest BCUT2D eigenvalue weighted by Crippen LogP contribution is 2.23. The summed E-state index contributed by atoms with van der Waals surface area (Å²) in [5, 5.41) is 0.493. The quantitative estimate of drug-likeness (QED) is 0.540. The average molecular weight is 322 g/mol. The lowest BCUT2D eigenvalue weighted by Gasteiger charge is -2.07. The first kappa shape index (κ1) is 14.5. The molecular formula is C18H14N2O4. The number of methoxy groups -OCH3 is 1. The number of aromatic nitrogens is 2. The van der Waals surface area contributed by atoms with E-state index >= 15 is 0 Å². The molecular weight excluding hydrogens is 308 g/mol. The fourth-order valence-electron chi connectivity index (χ4n) is 2.59. The first-order chi connectivity index (χ1) is 11.8. The molecule has 0 fully saturated rings. The van der Waals surface area contributed by atoms with Gasteiger partial charge in [0.05, 0.1) is 16.4 Å². The molecule has 2 aromatic heterocycles. The zero-order valence-corrected chi connectivity index (χ0v) is 12.9. The van der Waals surface area contributed by atoms with Crippen molar-refractivity contribution in [1.29, 1.82) is 0 Å². The van der Waals surface area contributed by atoms with E-state index < -0.39 is 0 Å². The number of fused-ring (bicyclic) bond motifs is 2. The van der Waals surface area contributed by atoms with E-state index in [1.807, 2.05) is 24.3 Å². The molecule has 24 heavy (non-hydrogen) atoms. The SMILES string of the molecule is COCOc1ccc2c(=O)cc(-n3cnc4ccccc43)oc2c1. The van der Waals surface area contributed by atoms with Gasteiger partial charge in [-0.15, -0.1) is 0 Å². The minimum atomic E-state index is -0.123. The van der Waals surface area contributed by atoms with Crippen LogP contribution >= 0.6 is 0 Å². The van der Waals surface area contributed by atoms with Crippen LogP contribution in [0.15, 0.2) is 64.1 Å². The molecule has 0 radical (unpaired) electrons. The molecule has 120 valence electrons. The van der Waals surface area contributed by atoms with Gasteiger partial charge in [-0.05, 0) is 24.3 Å². The molecule has 4 rings (SSSR count). The molecule has 0 bridgehead atoms. The van der Waals surface area contributed by atoms with Crippen LogP contribution in [0.4, 0.5) is 0 Å². The number of rotatable bonds is 4. The summed E-state index contributed by atoms with van der Waals surface area (Å²) in [6, 6.07) is 14.2. The Morgan fingerprint density at radius 1 is 1.17 bits per heavy atom. The second kappa shape index (κ2) is 5.82. The molecule has 0 saturated heterocycles. The minimum Gasteiger partial charge on any atom is -0.467 e. The molecule has 0 aliphatic rings. The number of para-hydroxylation sites is 2. The van der Waals surface area contributed by atoms with E-state index in [1.54, 1.807) is 36.2 Å². The largest absolute Gasteiger partial charge is 0.467 e. The standard InChI is InChI=1S/C18H14N2O4/c1-22-11-23-12-6-7-13-16(21)9-18(24-17(13)8-12)20-10-19-14-4-2-3-5-15(14)20/h2-10H,11H2,1H3. The molecule has 0 spiro atoms. The normalized spacial score (nSPS) is 11.2. The Morgan fingerprint density at radius 2 is 2.04 bits per heavy atom. The number of nitrogens with zero attached hydrogens (tertiary/aromatic N) is 2. The first-order valence-electron chi connectivity index (χ1n) is 7.38. The Kier molecular flexibility index (Phi) is 3.51. The highest BCUT2D eigenvalue weighted by Gasteiger charge is 2.10. The highest BCUT2D eigenvalue weighted by molar-refractivity contribution is 5.80. The van der Waals surface area contributed by atoms with Crippen molar-refractivity contribution in [1.82, 2.24) is 9.55 Å². The number of imidazole rings is 1. The maximum Gasteiger partial charge on any atom is 0.209 e. The summed E-state index contributed by atoms with van der Waals surface area (Å²) in [6.45, 7) is 0.127. The van der Waals surface area contributed by atoms with Gasteiger partial charge in [-0.1, -0.05) is 12.1 Å². The van der Waals surface area contributed by atoms with Crippen molar-refractivity contribution >= 4 is 22.0 Å². The third-order valence-electron chi connectivity index (χ3n) is 3.72. The fraction of sp³-hybridized carbons (Fsp3) is 0.111. The average Bonchev–Trinajstić information content (AvgIpc) is 3.03. The van der Waals surface area contributed by atoms with Gasteiger partial charge in [0, 0.05) is 19.2 Å². The fourth-order valence-corrected chi connectivity index (χ4v) is 2.59. The van der Waals surface area contributed by atoms with Crippen molar-refractivity contribution in [3.63, 3.8) is 0 Å². The summed E-state index contributed by atoms with van der Waals surface area (Å²) < 4.78 is 18.0. The van der Waals surface area contributed by atoms with E-state index in [0.29, 0.717) is 22.6 Å². The van der Waals surface area contributed by atoms with Gasteiger partial charge < -0.3 is 13.9 Å². The molecule has 2 heterocycles. The van der Waals surface area contributed by atoms with Crippen molar-refractivity contribution in [3.05, 3.63) is 65.1 Å². The molecule has 6 nitrogen and oxygen atoms in total. The minimum absolute atomic E-state index is 0.123. The molecule has 0 aliphatic carbocycles. The summed E-state index contributed by atoms with van der Waals surface area (Å²) in [5.74, 6) is 0.977. The van der Waals surface area contributed by atoms with Gasteiger partial charge in [0.15, 0.2) is 12.2 Å². The Labute approximate surface area is 136 Å². The van der Waals surface area contributed by atoms with Crippen LogP contribution in [0.25, 0.3) is 27.9 Å². The van der Waals surface area contributed by atoms with Gasteiger partial charge in [-0.3, -0.25) is 9.36 Å². The van der Waals surface area contributed by atoms with Crippen molar-refractivity contribution in [3.8, 4) is 11.6 Å². The molecule has 2 aromatic carbocycles. The van der Waals surface area contributed by atoms with Gasteiger partial charge in [0.25, 0.3) is 0 Å². The Bertz CT molecular complexity index is 1080. The maximum absolute atomic E-state index is 12.4. The molecule has 0 aliphatic heterocycles. The van der Waals surface area contributed by atoms with Gasteiger partial charge in [0.2, 0.25) is 5.88 Å². The van der Waals surface area contributed by atoms with Crippen LogP contribution in [-0.4, -0.2) is 23.5 Å². The van der Waals surface area contributed by atoms with E-state index in [2.05, 4.69) is 4.98 Å². The molecule has 0 amide bonds. The third-order valence-corrected chi connectivity index (χ3v) is 3.72. The van der Waals surface area contributed by atoms with Crippen LogP contribution in [0, 0.1) is 0 Å². The second-order valence-electron chi connectivity index (χ2n) is 5.26. The zero-order valence-electron chi connectivity index (χ0n) is 12.9. The topological polar surface area (TPSA) is 66.5 Å². The Balaban J connectivity index is 1.88. The monoisotopic (exact) mass is 322 g/mol. The predicted molar refractivity (Wildman–Crippen MR) is 89.6 cm³/mol. The van der Waals surface area contributed by atoms with Gasteiger partial charge in [-0.25, -0.2) is 4.98 Å². The summed E-state index contributed by atoms with van der Waals surface area (Å²) in [6.07, 6.45) is 1.64. The van der Waals surface area contributed by atoms with E-state index in [9.17, 15) is 4.79 Å². The van der Waals surface area contributed by atoms with Crippen LogP contribution in [0.5, 0.6) is 5.75 Å².